The van der Waals surface area contributed by atoms with Crippen LogP contribution < -0.4 is 5.32 Å². The number of carbonyl (C=O) groups is 3. The van der Waals surface area contributed by atoms with Gasteiger partial charge in [0.25, 0.3) is 0 Å². The van der Waals surface area contributed by atoms with E-state index >= 15 is 0 Å². The summed E-state index contributed by atoms with van der Waals surface area (Å²) in [5.41, 5.74) is -2.09. The zero-order chi connectivity index (χ0) is 21.2. The number of rotatable bonds is 4. The fraction of sp³-hybridized carbons (Fsp3) is 0.842. The number of likely N-dealkylation sites (tertiary alicyclic amines) is 1. The summed E-state index contributed by atoms with van der Waals surface area (Å²) in [4.78, 5) is 38.3. The summed E-state index contributed by atoms with van der Waals surface area (Å²) in [6.45, 7) is 13.7. The van der Waals surface area contributed by atoms with E-state index in [-0.39, 0.29) is 18.9 Å². The van der Waals surface area contributed by atoms with E-state index in [1.165, 1.54) is 0 Å². The average Bonchev–Trinajstić information content (AvgIpc) is 2.63. The van der Waals surface area contributed by atoms with Crippen LogP contribution in [0.1, 0.15) is 68.2 Å². The number of nitrogens with one attached hydrogen (secondary N) is 1. The third-order valence-electron chi connectivity index (χ3n) is 4.01. The lowest BCUT2D eigenvalue weighted by atomic mass is 9.91. The molecule has 0 saturated carbocycles. The molecule has 8 heteroatoms. The van der Waals surface area contributed by atoms with Gasteiger partial charge in [0.15, 0.2) is 0 Å². The van der Waals surface area contributed by atoms with E-state index in [0.29, 0.717) is 6.42 Å². The van der Waals surface area contributed by atoms with Gasteiger partial charge in [-0.3, -0.25) is 4.79 Å². The normalized spacial score (nSPS) is 21.0. The fourth-order valence-corrected chi connectivity index (χ4v) is 3.09. The number of carbonyl (C=O) groups excluding carboxylic acids is 3. The van der Waals surface area contributed by atoms with E-state index < -0.39 is 40.9 Å². The Bertz CT molecular complexity index is 574. The lowest BCUT2D eigenvalue weighted by molar-refractivity contribution is -0.132. The molecule has 27 heavy (non-hydrogen) atoms. The predicted molar refractivity (Wildman–Crippen MR) is 100 cm³/mol. The van der Waals surface area contributed by atoms with Crippen molar-refractivity contribution in [1.82, 2.24) is 10.2 Å². The van der Waals surface area contributed by atoms with Gasteiger partial charge in [-0.25, -0.2) is 14.5 Å². The van der Waals surface area contributed by atoms with Gasteiger partial charge in [0.2, 0.25) is 5.91 Å². The molecule has 0 radical (unpaired) electrons. The molecule has 1 fully saturated rings. The number of imide groups is 1. The molecule has 3 amide bonds. The highest BCUT2D eigenvalue weighted by molar-refractivity contribution is 5.96. The third kappa shape index (κ3) is 7.01. The first-order valence-corrected chi connectivity index (χ1v) is 9.23. The third-order valence-corrected chi connectivity index (χ3v) is 4.01. The first kappa shape index (κ1) is 23.2. The smallest absolute Gasteiger partial charge is 0.417 e. The minimum Gasteiger partial charge on any atom is -0.444 e. The number of hydrogen-bond acceptors (Lipinski definition) is 6. The first-order valence-electron chi connectivity index (χ1n) is 9.23. The summed E-state index contributed by atoms with van der Waals surface area (Å²) in [5, 5.41) is 12.2. The SMILES string of the molecule is CC(C)(C)OC(=O)N[C@H](CO)CC1CC(C)(C)N(C(=O)OC(C)(C)C)C1=O. The predicted octanol–water partition coefficient (Wildman–Crippen LogP) is 2.82. The van der Waals surface area contributed by atoms with Crippen molar-refractivity contribution in [3.8, 4) is 0 Å². The van der Waals surface area contributed by atoms with Crippen molar-refractivity contribution in [2.75, 3.05) is 6.61 Å². The van der Waals surface area contributed by atoms with Crippen molar-refractivity contribution < 1.29 is 29.0 Å². The van der Waals surface area contributed by atoms with Crippen LogP contribution >= 0.6 is 0 Å². The monoisotopic (exact) mass is 386 g/mol. The lowest BCUT2D eigenvalue weighted by Gasteiger charge is -2.31. The molecule has 0 aromatic heterocycles. The molecule has 1 aliphatic heterocycles. The van der Waals surface area contributed by atoms with Gasteiger partial charge >= 0.3 is 12.2 Å². The second-order valence-electron chi connectivity index (χ2n) is 9.63. The van der Waals surface area contributed by atoms with Gasteiger partial charge in [-0.05, 0) is 68.2 Å². The highest BCUT2D eigenvalue weighted by atomic mass is 16.6. The summed E-state index contributed by atoms with van der Waals surface area (Å²) < 4.78 is 10.5. The fourth-order valence-electron chi connectivity index (χ4n) is 3.09. The number of amides is 3. The molecule has 0 aromatic rings. The van der Waals surface area contributed by atoms with Gasteiger partial charge in [0, 0.05) is 11.5 Å². The van der Waals surface area contributed by atoms with Crippen molar-refractivity contribution in [3.63, 3.8) is 0 Å². The van der Waals surface area contributed by atoms with Crippen molar-refractivity contribution in [3.05, 3.63) is 0 Å². The van der Waals surface area contributed by atoms with Crippen LogP contribution in [-0.4, -0.2) is 57.5 Å². The Balaban J connectivity index is 2.82. The van der Waals surface area contributed by atoms with Crippen LogP contribution in [0.3, 0.4) is 0 Å². The molecule has 2 atom stereocenters. The average molecular weight is 386 g/mol. The van der Waals surface area contributed by atoms with Crippen LogP contribution in [0, 0.1) is 5.92 Å². The molecule has 0 aromatic carbocycles. The number of ether oxygens (including phenoxy) is 2. The first-order chi connectivity index (χ1) is 12.1. The van der Waals surface area contributed by atoms with E-state index in [0.717, 1.165) is 4.90 Å². The van der Waals surface area contributed by atoms with E-state index in [4.69, 9.17) is 9.47 Å². The minimum absolute atomic E-state index is 0.206. The van der Waals surface area contributed by atoms with Crippen LogP contribution in [-0.2, 0) is 14.3 Å². The van der Waals surface area contributed by atoms with E-state index in [9.17, 15) is 19.5 Å². The maximum atomic E-state index is 12.8. The molecule has 1 saturated heterocycles. The molecule has 0 spiro atoms. The number of nitrogens with zero attached hydrogens (tertiary/aromatic N) is 1. The molecule has 1 heterocycles. The van der Waals surface area contributed by atoms with Crippen LogP contribution in [0.15, 0.2) is 0 Å². The number of alkyl carbamates (subject to hydrolysis) is 1. The van der Waals surface area contributed by atoms with Crippen LogP contribution in [0.5, 0.6) is 0 Å². The molecule has 1 unspecified atom stereocenters. The molecule has 1 rings (SSSR count). The Morgan fingerprint density at radius 1 is 1.19 bits per heavy atom. The number of aliphatic hydroxyl groups excluding tert-OH is 1. The van der Waals surface area contributed by atoms with Gasteiger partial charge in [0.05, 0.1) is 12.6 Å². The second kappa shape index (κ2) is 8.04. The van der Waals surface area contributed by atoms with Crippen molar-refractivity contribution in [2.24, 2.45) is 5.92 Å². The van der Waals surface area contributed by atoms with E-state index in [1.807, 2.05) is 0 Å². The summed E-state index contributed by atoms with van der Waals surface area (Å²) in [7, 11) is 0. The standard InChI is InChI=1S/C19H34N2O6/c1-17(2,3)26-15(24)20-13(11-22)9-12-10-19(7,8)21(14(12)23)16(25)27-18(4,5)6/h12-13,22H,9-11H2,1-8H3,(H,20,24)/t12?,13-/m0/s1. The Labute approximate surface area is 161 Å². The van der Waals surface area contributed by atoms with Crippen LogP contribution in [0.2, 0.25) is 0 Å². The van der Waals surface area contributed by atoms with Gasteiger partial charge < -0.3 is 19.9 Å². The van der Waals surface area contributed by atoms with E-state index in [2.05, 4.69) is 5.32 Å². The topological polar surface area (TPSA) is 105 Å². The quantitative estimate of drug-likeness (QED) is 0.770. The van der Waals surface area contributed by atoms with Crippen LogP contribution in [0.4, 0.5) is 9.59 Å². The largest absolute Gasteiger partial charge is 0.444 e. The summed E-state index contributed by atoms with van der Waals surface area (Å²) in [6, 6.07) is -0.650. The minimum atomic E-state index is -0.712. The van der Waals surface area contributed by atoms with Gasteiger partial charge in [-0.1, -0.05) is 0 Å². The Hall–Kier alpha value is -1.83. The summed E-state index contributed by atoms with van der Waals surface area (Å²) in [6.07, 6.45) is -0.717. The van der Waals surface area contributed by atoms with Crippen molar-refractivity contribution >= 4 is 18.1 Å². The molecule has 8 nitrogen and oxygen atoms in total. The zero-order valence-corrected chi connectivity index (χ0v) is 17.7. The molecular formula is C19H34N2O6. The molecule has 156 valence electrons. The van der Waals surface area contributed by atoms with Gasteiger partial charge in [-0.2, -0.15) is 0 Å². The van der Waals surface area contributed by atoms with Crippen molar-refractivity contribution in [2.45, 2.75) is 91.0 Å². The molecule has 1 aliphatic rings. The summed E-state index contributed by atoms with van der Waals surface area (Å²) in [5.74, 6) is -0.877. The maximum absolute atomic E-state index is 12.8. The molecule has 0 aliphatic carbocycles. The zero-order valence-electron chi connectivity index (χ0n) is 17.7. The number of hydrogen-bond donors (Lipinski definition) is 2. The highest BCUT2D eigenvalue weighted by Crippen LogP contribution is 2.37. The Kier molecular flexibility index (Phi) is 6.91. The second-order valence-corrected chi connectivity index (χ2v) is 9.63. The van der Waals surface area contributed by atoms with E-state index in [1.54, 1.807) is 55.4 Å². The van der Waals surface area contributed by atoms with Crippen molar-refractivity contribution in [1.29, 1.82) is 0 Å². The summed E-state index contributed by atoms with van der Waals surface area (Å²) >= 11 is 0. The van der Waals surface area contributed by atoms with Crippen LogP contribution in [0.25, 0.3) is 0 Å². The number of aliphatic hydroxyl groups is 1. The Morgan fingerprint density at radius 3 is 2.15 bits per heavy atom. The van der Waals surface area contributed by atoms with Gasteiger partial charge in [0.1, 0.15) is 11.2 Å². The highest BCUT2D eigenvalue weighted by Gasteiger charge is 2.50. The molecule has 2 N–H and O–H groups in total. The molecule has 0 bridgehead atoms. The Morgan fingerprint density at radius 2 is 1.70 bits per heavy atom. The molecular weight excluding hydrogens is 352 g/mol. The maximum Gasteiger partial charge on any atom is 0.417 e. The van der Waals surface area contributed by atoms with Gasteiger partial charge in [-0.15, -0.1) is 0 Å². The lowest BCUT2D eigenvalue weighted by Crippen LogP contribution is -2.48.